The zero-order valence-corrected chi connectivity index (χ0v) is 12.2. The molecule has 2 unspecified atom stereocenters. The summed E-state index contributed by atoms with van der Waals surface area (Å²) in [5.41, 5.74) is 2.58. The van der Waals surface area contributed by atoms with E-state index in [0.29, 0.717) is 18.6 Å². The van der Waals surface area contributed by atoms with E-state index in [-0.39, 0.29) is 0 Å². The van der Waals surface area contributed by atoms with Crippen LogP contribution in [0.2, 0.25) is 0 Å². The Balaban J connectivity index is 1.91. The van der Waals surface area contributed by atoms with Gasteiger partial charge in [-0.2, -0.15) is 0 Å². The maximum absolute atomic E-state index is 5.95. The van der Waals surface area contributed by atoms with Crippen molar-refractivity contribution in [3.05, 3.63) is 29.3 Å². The summed E-state index contributed by atoms with van der Waals surface area (Å²) in [6, 6.07) is 6.67. The zero-order chi connectivity index (χ0) is 13.7. The van der Waals surface area contributed by atoms with Gasteiger partial charge < -0.3 is 14.8 Å². The molecule has 3 nitrogen and oxygen atoms in total. The average molecular weight is 263 g/mol. The van der Waals surface area contributed by atoms with E-state index in [9.17, 15) is 0 Å². The summed E-state index contributed by atoms with van der Waals surface area (Å²) < 4.78 is 11.4. The first-order chi connectivity index (χ1) is 9.20. The highest BCUT2D eigenvalue weighted by molar-refractivity contribution is 5.33. The number of aryl methyl sites for hydroxylation is 2. The first kappa shape index (κ1) is 14.4. The Morgan fingerprint density at radius 3 is 2.84 bits per heavy atom. The highest BCUT2D eigenvalue weighted by Crippen LogP contribution is 2.20. The van der Waals surface area contributed by atoms with Gasteiger partial charge in [-0.15, -0.1) is 0 Å². The maximum Gasteiger partial charge on any atom is 0.119 e. The van der Waals surface area contributed by atoms with E-state index >= 15 is 0 Å². The second-order valence-corrected chi connectivity index (χ2v) is 5.34. The number of hydrogen-bond acceptors (Lipinski definition) is 3. The summed E-state index contributed by atoms with van der Waals surface area (Å²) in [5, 5.41) is 3.52. The van der Waals surface area contributed by atoms with E-state index in [2.05, 4.69) is 44.3 Å². The Morgan fingerprint density at radius 1 is 1.37 bits per heavy atom. The van der Waals surface area contributed by atoms with Crippen molar-refractivity contribution in [3.63, 3.8) is 0 Å². The third-order valence-electron chi connectivity index (χ3n) is 3.91. The number of hydrogen-bond donors (Lipinski definition) is 1. The molecule has 0 aromatic heterocycles. The molecule has 0 amide bonds. The van der Waals surface area contributed by atoms with Crippen LogP contribution >= 0.6 is 0 Å². The highest BCUT2D eigenvalue weighted by atomic mass is 16.5. The number of likely N-dealkylation sites (N-methyl/N-ethyl adjacent to an activating group) is 1. The Bertz CT molecular complexity index is 400. The zero-order valence-electron chi connectivity index (χ0n) is 12.2. The Labute approximate surface area is 116 Å². The number of rotatable bonds is 6. The van der Waals surface area contributed by atoms with Crippen LogP contribution in [0.3, 0.4) is 0 Å². The van der Waals surface area contributed by atoms with Gasteiger partial charge in [0.25, 0.3) is 0 Å². The van der Waals surface area contributed by atoms with Gasteiger partial charge in [0.1, 0.15) is 12.4 Å². The summed E-state index contributed by atoms with van der Waals surface area (Å²) in [5.74, 6) is 1.54. The minimum atomic E-state index is 0.383. The summed E-state index contributed by atoms with van der Waals surface area (Å²) in [6.45, 7) is 9.80. The predicted molar refractivity (Wildman–Crippen MR) is 77.8 cm³/mol. The summed E-state index contributed by atoms with van der Waals surface area (Å²) in [6.07, 6.45) is 1.13. The van der Waals surface area contributed by atoms with E-state index < -0.39 is 0 Å². The molecule has 3 heteroatoms. The Morgan fingerprint density at radius 2 is 2.21 bits per heavy atom. The average Bonchev–Trinajstić information content (AvgIpc) is 2.92. The minimum Gasteiger partial charge on any atom is -0.492 e. The molecular weight excluding hydrogens is 238 g/mol. The lowest BCUT2D eigenvalue weighted by molar-refractivity contribution is 0.161. The number of nitrogens with one attached hydrogen (secondary N) is 1. The molecule has 1 aliphatic heterocycles. The van der Waals surface area contributed by atoms with E-state index in [1.54, 1.807) is 0 Å². The van der Waals surface area contributed by atoms with Gasteiger partial charge in [0.05, 0.1) is 6.61 Å². The second kappa shape index (κ2) is 6.92. The van der Waals surface area contributed by atoms with Crippen molar-refractivity contribution >= 4 is 0 Å². The van der Waals surface area contributed by atoms with Crippen molar-refractivity contribution in [2.24, 2.45) is 5.92 Å². The molecule has 2 rings (SSSR count). The lowest BCUT2D eigenvalue weighted by Gasteiger charge is -2.23. The van der Waals surface area contributed by atoms with Gasteiger partial charge >= 0.3 is 0 Å². The fraction of sp³-hybridized carbons (Fsp3) is 0.625. The molecule has 1 aliphatic rings. The third-order valence-corrected chi connectivity index (χ3v) is 3.91. The maximum atomic E-state index is 5.95. The first-order valence-corrected chi connectivity index (χ1v) is 7.22. The molecule has 0 spiro atoms. The van der Waals surface area contributed by atoms with Crippen molar-refractivity contribution in [2.45, 2.75) is 33.2 Å². The molecule has 2 atom stereocenters. The van der Waals surface area contributed by atoms with Crippen LogP contribution in [-0.4, -0.2) is 32.4 Å². The van der Waals surface area contributed by atoms with Crippen LogP contribution in [-0.2, 0) is 4.74 Å². The molecule has 0 saturated carbocycles. The van der Waals surface area contributed by atoms with E-state index in [1.165, 1.54) is 11.1 Å². The molecule has 1 aromatic rings. The van der Waals surface area contributed by atoms with Crippen LogP contribution in [0.4, 0.5) is 0 Å². The van der Waals surface area contributed by atoms with Crippen LogP contribution in [0, 0.1) is 19.8 Å². The lowest BCUT2D eigenvalue weighted by atomic mass is 10.00. The summed E-state index contributed by atoms with van der Waals surface area (Å²) in [4.78, 5) is 0. The van der Waals surface area contributed by atoms with Gasteiger partial charge in [0.15, 0.2) is 0 Å². The topological polar surface area (TPSA) is 30.5 Å². The molecule has 1 fully saturated rings. The fourth-order valence-corrected chi connectivity index (χ4v) is 2.48. The van der Waals surface area contributed by atoms with Crippen LogP contribution in [0.15, 0.2) is 18.2 Å². The fourth-order valence-electron chi connectivity index (χ4n) is 2.48. The van der Waals surface area contributed by atoms with Crippen LogP contribution in [0.5, 0.6) is 5.75 Å². The summed E-state index contributed by atoms with van der Waals surface area (Å²) >= 11 is 0. The van der Waals surface area contributed by atoms with E-state index in [1.807, 2.05) is 0 Å². The lowest BCUT2D eigenvalue weighted by Crippen LogP contribution is -2.41. The van der Waals surface area contributed by atoms with E-state index in [0.717, 1.165) is 31.9 Å². The van der Waals surface area contributed by atoms with Crippen LogP contribution in [0.25, 0.3) is 0 Å². The largest absolute Gasteiger partial charge is 0.492 e. The Hall–Kier alpha value is -1.06. The standard InChI is InChI=1S/C16H25NO2/c1-4-17-16(14-7-8-18-10-14)11-19-15-6-5-12(2)13(3)9-15/h5-6,9,14,16-17H,4,7-8,10-11H2,1-3H3. The minimum absolute atomic E-state index is 0.383. The monoisotopic (exact) mass is 263 g/mol. The van der Waals surface area contributed by atoms with Gasteiger partial charge in [-0.3, -0.25) is 0 Å². The molecule has 106 valence electrons. The van der Waals surface area contributed by atoms with Crippen LogP contribution < -0.4 is 10.1 Å². The van der Waals surface area contributed by atoms with E-state index in [4.69, 9.17) is 9.47 Å². The normalized spacial score (nSPS) is 20.5. The van der Waals surface area contributed by atoms with Gasteiger partial charge in [-0.05, 0) is 50.1 Å². The second-order valence-electron chi connectivity index (χ2n) is 5.34. The molecule has 0 bridgehead atoms. The smallest absolute Gasteiger partial charge is 0.119 e. The third kappa shape index (κ3) is 3.95. The van der Waals surface area contributed by atoms with Crippen molar-refractivity contribution < 1.29 is 9.47 Å². The molecule has 19 heavy (non-hydrogen) atoms. The molecular formula is C16H25NO2. The summed E-state index contributed by atoms with van der Waals surface area (Å²) in [7, 11) is 0. The molecule has 1 aromatic carbocycles. The van der Waals surface area contributed by atoms with Gasteiger partial charge in [0.2, 0.25) is 0 Å². The quantitative estimate of drug-likeness (QED) is 0.856. The predicted octanol–water partition coefficient (Wildman–Crippen LogP) is 2.70. The van der Waals surface area contributed by atoms with Crippen molar-refractivity contribution in [3.8, 4) is 5.75 Å². The number of ether oxygens (including phenoxy) is 2. The SMILES string of the molecule is CCNC(COc1ccc(C)c(C)c1)C1CCOC1. The van der Waals surface area contributed by atoms with Gasteiger partial charge in [-0.25, -0.2) is 0 Å². The van der Waals surface area contributed by atoms with Gasteiger partial charge in [0, 0.05) is 18.6 Å². The molecule has 0 radical (unpaired) electrons. The van der Waals surface area contributed by atoms with Crippen molar-refractivity contribution in [1.82, 2.24) is 5.32 Å². The Kier molecular flexibility index (Phi) is 5.23. The first-order valence-electron chi connectivity index (χ1n) is 7.22. The molecule has 0 aliphatic carbocycles. The van der Waals surface area contributed by atoms with Crippen molar-refractivity contribution in [2.75, 3.05) is 26.4 Å². The van der Waals surface area contributed by atoms with Gasteiger partial charge in [-0.1, -0.05) is 13.0 Å². The molecule has 1 N–H and O–H groups in total. The molecule has 1 saturated heterocycles. The number of benzene rings is 1. The van der Waals surface area contributed by atoms with Crippen molar-refractivity contribution in [1.29, 1.82) is 0 Å². The molecule has 1 heterocycles. The van der Waals surface area contributed by atoms with Crippen LogP contribution in [0.1, 0.15) is 24.5 Å². The highest BCUT2D eigenvalue weighted by Gasteiger charge is 2.25.